The molecule has 0 aliphatic rings. The molecular formula is C11H12BrClN2. The summed E-state index contributed by atoms with van der Waals surface area (Å²) in [6, 6.07) is 3.94. The summed E-state index contributed by atoms with van der Waals surface area (Å²) in [5.74, 6) is 0. The van der Waals surface area contributed by atoms with Crippen LogP contribution in [0.1, 0.15) is 24.2 Å². The number of hydrogen-bond donors (Lipinski definition) is 2. The molecule has 0 aliphatic heterocycles. The largest absolute Gasteiger partial charge is 0.358 e. The highest BCUT2D eigenvalue weighted by Gasteiger charge is 2.13. The summed E-state index contributed by atoms with van der Waals surface area (Å²) in [5.41, 5.74) is 9.25. The van der Waals surface area contributed by atoms with Crippen molar-refractivity contribution in [3.05, 3.63) is 32.9 Å². The Morgan fingerprint density at radius 3 is 2.73 bits per heavy atom. The summed E-state index contributed by atoms with van der Waals surface area (Å²) in [6.45, 7) is 4.01. The highest BCUT2D eigenvalue weighted by molar-refractivity contribution is 9.10. The molecule has 0 radical (unpaired) electrons. The fourth-order valence-electron chi connectivity index (χ4n) is 1.93. The molecule has 0 bridgehead atoms. The van der Waals surface area contributed by atoms with Crippen LogP contribution in [0.5, 0.6) is 0 Å². The van der Waals surface area contributed by atoms with Crippen molar-refractivity contribution in [3.8, 4) is 0 Å². The van der Waals surface area contributed by atoms with E-state index in [-0.39, 0.29) is 6.04 Å². The van der Waals surface area contributed by atoms with Gasteiger partial charge < -0.3 is 10.7 Å². The molecule has 1 aromatic heterocycles. The third-order valence-electron chi connectivity index (χ3n) is 2.53. The Kier molecular flexibility index (Phi) is 2.79. The van der Waals surface area contributed by atoms with Crippen LogP contribution in [0.2, 0.25) is 5.02 Å². The minimum absolute atomic E-state index is 0.0102. The van der Waals surface area contributed by atoms with Crippen LogP contribution in [-0.4, -0.2) is 4.98 Å². The molecule has 0 amide bonds. The molecule has 1 aromatic carbocycles. The molecule has 2 rings (SSSR count). The van der Waals surface area contributed by atoms with Crippen LogP contribution in [0.3, 0.4) is 0 Å². The molecular weight excluding hydrogens is 275 g/mol. The smallest absolute Gasteiger partial charge is 0.0555 e. The van der Waals surface area contributed by atoms with E-state index in [4.69, 9.17) is 17.3 Å². The number of H-pyrrole nitrogens is 1. The van der Waals surface area contributed by atoms with Gasteiger partial charge in [-0.15, -0.1) is 0 Å². The molecule has 80 valence electrons. The quantitative estimate of drug-likeness (QED) is 0.820. The molecule has 1 unspecified atom stereocenters. The third kappa shape index (κ3) is 1.80. The topological polar surface area (TPSA) is 41.8 Å². The van der Waals surface area contributed by atoms with Gasteiger partial charge in [-0.05, 0) is 47.5 Å². The van der Waals surface area contributed by atoms with Gasteiger partial charge >= 0.3 is 0 Å². The average Bonchev–Trinajstić information content (AvgIpc) is 2.41. The highest BCUT2D eigenvalue weighted by atomic mass is 79.9. The number of aromatic amines is 1. The lowest BCUT2D eigenvalue weighted by Gasteiger charge is -2.05. The van der Waals surface area contributed by atoms with Gasteiger partial charge in [0, 0.05) is 27.1 Å². The van der Waals surface area contributed by atoms with E-state index in [1.165, 1.54) is 0 Å². The maximum absolute atomic E-state index is 6.07. The molecule has 1 atom stereocenters. The van der Waals surface area contributed by atoms with Gasteiger partial charge in [-0.25, -0.2) is 0 Å². The summed E-state index contributed by atoms with van der Waals surface area (Å²) in [4.78, 5) is 3.31. The Balaban J connectivity index is 2.81. The van der Waals surface area contributed by atoms with E-state index in [9.17, 15) is 0 Å². The van der Waals surface area contributed by atoms with Crippen LogP contribution < -0.4 is 5.73 Å². The molecule has 0 saturated heterocycles. The first-order chi connectivity index (χ1) is 7.00. The SMILES string of the molecule is Cc1[nH]c2cc(Br)c(Cl)cc2c1C(C)N. The average molecular weight is 288 g/mol. The Labute approximate surface area is 102 Å². The van der Waals surface area contributed by atoms with Crippen molar-refractivity contribution in [2.45, 2.75) is 19.9 Å². The minimum atomic E-state index is 0.0102. The second kappa shape index (κ2) is 3.81. The molecule has 0 spiro atoms. The van der Waals surface area contributed by atoms with Crippen molar-refractivity contribution in [3.63, 3.8) is 0 Å². The van der Waals surface area contributed by atoms with E-state index in [2.05, 4.69) is 20.9 Å². The predicted octanol–water partition coefficient (Wildman–Crippen LogP) is 3.91. The van der Waals surface area contributed by atoms with E-state index in [0.717, 1.165) is 26.6 Å². The van der Waals surface area contributed by atoms with Gasteiger partial charge in [0.1, 0.15) is 0 Å². The van der Waals surface area contributed by atoms with Gasteiger partial charge in [0.05, 0.1) is 5.02 Å². The fraction of sp³-hybridized carbons (Fsp3) is 0.273. The normalized spacial score (nSPS) is 13.4. The molecule has 0 aliphatic carbocycles. The number of halogens is 2. The number of nitrogens with one attached hydrogen (secondary N) is 1. The molecule has 2 nitrogen and oxygen atoms in total. The van der Waals surface area contributed by atoms with Gasteiger partial charge in [0.25, 0.3) is 0 Å². The summed E-state index contributed by atoms with van der Waals surface area (Å²) in [7, 11) is 0. The Morgan fingerprint density at radius 1 is 1.47 bits per heavy atom. The third-order valence-corrected chi connectivity index (χ3v) is 3.73. The first-order valence-corrected chi connectivity index (χ1v) is 5.90. The summed E-state index contributed by atoms with van der Waals surface area (Å²) in [5, 5.41) is 1.82. The summed E-state index contributed by atoms with van der Waals surface area (Å²) >= 11 is 9.48. The number of rotatable bonds is 1. The van der Waals surface area contributed by atoms with Gasteiger partial charge in [-0.1, -0.05) is 11.6 Å². The number of aromatic nitrogens is 1. The van der Waals surface area contributed by atoms with Gasteiger partial charge in [-0.3, -0.25) is 0 Å². The molecule has 3 N–H and O–H groups in total. The lowest BCUT2D eigenvalue weighted by molar-refractivity contribution is 0.817. The van der Waals surface area contributed by atoms with Crippen LogP contribution in [0.15, 0.2) is 16.6 Å². The van der Waals surface area contributed by atoms with Crippen molar-refractivity contribution in [1.29, 1.82) is 0 Å². The van der Waals surface area contributed by atoms with Gasteiger partial charge in [-0.2, -0.15) is 0 Å². The predicted molar refractivity (Wildman–Crippen MR) is 68.3 cm³/mol. The van der Waals surface area contributed by atoms with E-state index in [0.29, 0.717) is 5.02 Å². The maximum atomic E-state index is 6.07. The second-order valence-corrected chi connectivity index (χ2v) is 5.03. The molecule has 4 heteroatoms. The van der Waals surface area contributed by atoms with E-state index < -0.39 is 0 Å². The van der Waals surface area contributed by atoms with Crippen molar-refractivity contribution < 1.29 is 0 Å². The molecule has 1 heterocycles. The zero-order valence-corrected chi connectivity index (χ0v) is 10.9. The monoisotopic (exact) mass is 286 g/mol. The first-order valence-electron chi connectivity index (χ1n) is 4.73. The van der Waals surface area contributed by atoms with E-state index >= 15 is 0 Å². The van der Waals surface area contributed by atoms with E-state index in [1.807, 2.05) is 26.0 Å². The van der Waals surface area contributed by atoms with Crippen molar-refractivity contribution in [2.75, 3.05) is 0 Å². The number of fused-ring (bicyclic) bond motifs is 1. The van der Waals surface area contributed by atoms with Gasteiger partial charge in [0.15, 0.2) is 0 Å². The molecule has 0 fully saturated rings. The fourth-order valence-corrected chi connectivity index (χ4v) is 2.44. The number of benzene rings is 1. The van der Waals surface area contributed by atoms with Crippen molar-refractivity contribution in [1.82, 2.24) is 4.98 Å². The van der Waals surface area contributed by atoms with Crippen LogP contribution in [0, 0.1) is 6.92 Å². The lowest BCUT2D eigenvalue weighted by atomic mass is 10.1. The van der Waals surface area contributed by atoms with Crippen molar-refractivity contribution >= 4 is 38.4 Å². The highest BCUT2D eigenvalue weighted by Crippen LogP contribution is 2.33. The van der Waals surface area contributed by atoms with Crippen LogP contribution in [0.4, 0.5) is 0 Å². The molecule has 2 aromatic rings. The standard InChI is InChI=1S/C11H12BrClN2/c1-5(14)11-6(2)15-10-4-8(12)9(13)3-7(10)11/h3-5,15H,14H2,1-2H3. The zero-order chi connectivity index (χ0) is 11.2. The Hall–Kier alpha value is -0.510. The number of nitrogens with two attached hydrogens (primary N) is 1. The Bertz CT molecular complexity index is 517. The summed E-state index contributed by atoms with van der Waals surface area (Å²) < 4.78 is 0.897. The number of aryl methyl sites for hydroxylation is 1. The van der Waals surface area contributed by atoms with Crippen LogP contribution in [-0.2, 0) is 0 Å². The second-order valence-electron chi connectivity index (χ2n) is 3.76. The zero-order valence-electron chi connectivity index (χ0n) is 8.57. The maximum Gasteiger partial charge on any atom is 0.0555 e. The van der Waals surface area contributed by atoms with Crippen molar-refractivity contribution in [2.24, 2.45) is 5.73 Å². The van der Waals surface area contributed by atoms with Crippen LogP contribution in [0.25, 0.3) is 10.9 Å². The van der Waals surface area contributed by atoms with Gasteiger partial charge in [0.2, 0.25) is 0 Å². The number of hydrogen-bond acceptors (Lipinski definition) is 1. The molecule has 15 heavy (non-hydrogen) atoms. The Morgan fingerprint density at radius 2 is 2.13 bits per heavy atom. The van der Waals surface area contributed by atoms with E-state index in [1.54, 1.807) is 0 Å². The molecule has 0 saturated carbocycles. The first kappa shape index (κ1) is 11.0. The lowest BCUT2D eigenvalue weighted by Crippen LogP contribution is -2.05. The van der Waals surface area contributed by atoms with Crippen LogP contribution >= 0.6 is 27.5 Å². The minimum Gasteiger partial charge on any atom is -0.358 e. The summed E-state index contributed by atoms with van der Waals surface area (Å²) in [6.07, 6.45) is 0.